The normalized spacial score (nSPS) is 18.9. The van der Waals surface area contributed by atoms with Crippen molar-refractivity contribution in [2.45, 2.75) is 39.0 Å². The number of pyridine rings is 1. The summed E-state index contributed by atoms with van der Waals surface area (Å²) in [5.74, 6) is 0.791. The van der Waals surface area contributed by atoms with E-state index >= 15 is 0 Å². The molecule has 0 bridgehead atoms. The predicted octanol–water partition coefficient (Wildman–Crippen LogP) is 2.34. The van der Waals surface area contributed by atoms with Gasteiger partial charge in [0.15, 0.2) is 0 Å². The minimum atomic E-state index is -0.0682. The van der Waals surface area contributed by atoms with Gasteiger partial charge < -0.3 is 14.5 Å². The number of nitrogens with zero attached hydrogens (tertiary/aromatic N) is 3. The summed E-state index contributed by atoms with van der Waals surface area (Å²) >= 11 is 0. The maximum atomic E-state index is 12.8. The summed E-state index contributed by atoms with van der Waals surface area (Å²) in [6.07, 6.45) is 7.24. The molecular formula is C19H27N3O3. The van der Waals surface area contributed by atoms with Crippen molar-refractivity contribution in [3.8, 4) is 5.88 Å². The van der Waals surface area contributed by atoms with Gasteiger partial charge in [-0.1, -0.05) is 19.3 Å². The van der Waals surface area contributed by atoms with Crippen LogP contribution in [0.25, 0.3) is 0 Å². The minimum Gasteiger partial charge on any atom is -0.477 e. The van der Waals surface area contributed by atoms with E-state index in [-0.39, 0.29) is 17.7 Å². The molecule has 0 atom stereocenters. The van der Waals surface area contributed by atoms with Crippen molar-refractivity contribution in [3.63, 3.8) is 0 Å². The first-order valence-corrected chi connectivity index (χ1v) is 9.36. The Hall–Kier alpha value is -2.11. The third-order valence-electron chi connectivity index (χ3n) is 5.12. The molecule has 1 aromatic rings. The Morgan fingerprint density at radius 1 is 1.12 bits per heavy atom. The van der Waals surface area contributed by atoms with Crippen LogP contribution >= 0.6 is 0 Å². The maximum Gasteiger partial charge on any atom is 0.259 e. The summed E-state index contributed by atoms with van der Waals surface area (Å²) in [5.41, 5.74) is 0.497. The van der Waals surface area contributed by atoms with Gasteiger partial charge in [0.25, 0.3) is 5.91 Å². The van der Waals surface area contributed by atoms with Crippen LogP contribution in [-0.4, -0.2) is 59.4 Å². The number of piperazine rings is 1. The van der Waals surface area contributed by atoms with Gasteiger partial charge in [-0.05, 0) is 31.9 Å². The average molecular weight is 345 g/mol. The number of hydrogen-bond acceptors (Lipinski definition) is 4. The lowest BCUT2D eigenvalue weighted by Crippen LogP contribution is -2.52. The molecular weight excluding hydrogens is 318 g/mol. The lowest BCUT2D eigenvalue weighted by Gasteiger charge is -2.37. The second-order valence-electron chi connectivity index (χ2n) is 6.74. The van der Waals surface area contributed by atoms with Crippen molar-refractivity contribution in [3.05, 3.63) is 23.9 Å². The number of rotatable bonds is 4. The Balaban J connectivity index is 1.58. The Morgan fingerprint density at radius 3 is 2.48 bits per heavy atom. The molecule has 2 aliphatic rings. The van der Waals surface area contributed by atoms with Gasteiger partial charge in [0.2, 0.25) is 11.8 Å². The van der Waals surface area contributed by atoms with E-state index in [1.165, 1.54) is 6.42 Å². The fourth-order valence-electron chi connectivity index (χ4n) is 3.71. The van der Waals surface area contributed by atoms with Crippen LogP contribution in [0.4, 0.5) is 0 Å². The summed E-state index contributed by atoms with van der Waals surface area (Å²) in [7, 11) is 0. The Bertz CT molecular complexity index is 606. The summed E-state index contributed by atoms with van der Waals surface area (Å²) in [5, 5.41) is 0. The van der Waals surface area contributed by atoms with E-state index in [1.54, 1.807) is 23.2 Å². The van der Waals surface area contributed by atoms with Crippen LogP contribution in [0.1, 0.15) is 49.4 Å². The van der Waals surface area contributed by atoms with Crippen molar-refractivity contribution in [1.82, 2.24) is 14.8 Å². The Kier molecular flexibility index (Phi) is 5.89. The first-order valence-electron chi connectivity index (χ1n) is 9.36. The van der Waals surface area contributed by atoms with E-state index in [0.717, 1.165) is 25.7 Å². The van der Waals surface area contributed by atoms with E-state index in [4.69, 9.17) is 4.74 Å². The monoisotopic (exact) mass is 345 g/mol. The minimum absolute atomic E-state index is 0.0682. The van der Waals surface area contributed by atoms with Crippen molar-refractivity contribution >= 4 is 11.8 Å². The van der Waals surface area contributed by atoms with E-state index in [9.17, 15) is 9.59 Å². The second kappa shape index (κ2) is 8.32. The van der Waals surface area contributed by atoms with Crippen molar-refractivity contribution in [2.24, 2.45) is 5.92 Å². The summed E-state index contributed by atoms with van der Waals surface area (Å²) < 4.78 is 5.46. The van der Waals surface area contributed by atoms with Gasteiger partial charge in [0.1, 0.15) is 5.56 Å². The fraction of sp³-hybridized carbons (Fsp3) is 0.632. The Morgan fingerprint density at radius 2 is 1.80 bits per heavy atom. The molecule has 2 amide bonds. The van der Waals surface area contributed by atoms with Crippen LogP contribution in [0.5, 0.6) is 5.88 Å². The van der Waals surface area contributed by atoms with Crippen molar-refractivity contribution in [2.75, 3.05) is 32.8 Å². The SMILES string of the molecule is CCOc1ncccc1C(=O)N1CCN(C(=O)C2CCCCC2)CC1. The van der Waals surface area contributed by atoms with Crippen LogP contribution in [0.2, 0.25) is 0 Å². The number of amides is 2. The van der Waals surface area contributed by atoms with Gasteiger partial charge in [-0.15, -0.1) is 0 Å². The molecule has 1 aliphatic heterocycles. The third-order valence-corrected chi connectivity index (χ3v) is 5.12. The van der Waals surface area contributed by atoms with Gasteiger partial charge in [0.05, 0.1) is 6.61 Å². The van der Waals surface area contributed by atoms with Gasteiger partial charge >= 0.3 is 0 Å². The quantitative estimate of drug-likeness (QED) is 0.840. The molecule has 1 saturated heterocycles. The molecule has 1 saturated carbocycles. The summed E-state index contributed by atoms with van der Waals surface area (Å²) in [4.78, 5) is 33.3. The van der Waals surface area contributed by atoms with E-state index < -0.39 is 0 Å². The highest BCUT2D eigenvalue weighted by Gasteiger charge is 2.30. The first-order chi connectivity index (χ1) is 12.2. The molecule has 0 N–H and O–H groups in total. The largest absolute Gasteiger partial charge is 0.477 e. The lowest BCUT2D eigenvalue weighted by atomic mass is 9.88. The number of ether oxygens (including phenoxy) is 1. The molecule has 2 heterocycles. The second-order valence-corrected chi connectivity index (χ2v) is 6.74. The highest BCUT2D eigenvalue weighted by atomic mass is 16.5. The van der Waals surface area contributed by atoms with Crippen LogP contribution in [0, 0.1) is 5.92 Å². The van der Waals surface area contributed by atoms with Gasteiger partial charge in [-0.2, -0.15) is 0 Å². The Labute approximate surface area is 149 Å². The molecule has 0 aromatic carbocycles. The standard InChI is InChI=1S/C19H27N3O3/c1-2-25-17-16(9-6-10-20-17)19(24)22-13-11-21(12-14-22)18(23)15-7-4-3-5-8-15/h6,9-10,15H,2-5,7-8,11-14H2,1H3. The molecule has 25 heavy (non-hydrogen) atoms. The van der Waals surface area contributed by atoms with Crippen molar-refractivity contribution in [1.29, 1.82) is 0 Å². The highest BCUT2D eigenvalue weighted by Crippen LogP contribution is 2.26. The molecule has 6 nitrogen and oxygen atoms in total. The topological polar surface area (TPSA) is 62.7 Å². The zero-order valence-electron chi connectivity index (χ0n) is 14.9. The van der Waals surface area contributed by atoms with Crippen LogP contribution in [-0.2, 0) is 4.79 Å². The molecule has 136 valence electrons. The lowest BCUT2D eigenvalue weighted by molar-refractivity contribution is -0.138. The van der Waals surface area contributed by atoms with E-state index in [0.29, 0.717) is 44.2 Å². The molecule has 3 rings (SSSR count). The first kappa shape index (κ1) is 17.7. The van der Waals surface area contributed by atoms with Gasteiger partial charge in [-0.25, -0.2) is 4.98 Å². The number of aromatic nitrogens is 1. The molecule has 0 spiro atoms. The molecule has 1 aromatic heterocycles. The molecule has 1 aliphatic carbocycles. The number of carbonyl (C=O) groups excluding carboxylic acids is 2. The zero-order valence-corrected chi connectivity index (χ0v) is 14.9. The predicted molar refractivity (Wildman–Crippen MR) is 94.5 cm³/mol. The maximum absolute atomic E-state index is 12.8. The summed E-state index contributed by atoms with van der Waals surface area (Å²) in [6.45, 7) is 4.71. The van der Waals surface area contributed by atoms with Gasteiger partial charge in [-0.3, -0.25) is 9.59 Å². The zero-order chi connectivity index (χ0) is 17.6. The molecule has 0 unspecified atom stereocenters. The average Bonchev–Trinajstić information content (AvgIpc) is 2.68. The fourth-order valence-corrected chi connectivity index (χ4v) is 3.71. The number of hydrogen-bond donors (Lipinski definition) is 0. The molecule has 0 radical (unpaired) electrons. The number of carbonyl (C=O) groups is 2. The molecule has 6 heteroatoms. The summed E-state index contributed by atoms with van der Waals surface area (Å²) in [6, 6.07) is 3.50. The van der Waals surface area contributed by atoms with Crippen molar-refractivity contribution < 1.29 is 14.3 Å². The third kappa shape index (κ3) is 4.11. The van der Waals surface area contributed by atoms with Crippen LogP contribution in [0.3, 0.4) is 0 Å². The van der Waals surface area contributed by atoms with E-state index in [1.807, 2.05) is 11.8 Å². The van der Waals surface area contributed by atoms with Crippen LogP contribution < -0.4 is 4.74 Å². The smallest absolute Gasteiger partial charge is 0.259 e. The van der Waals surface area contributed by atoms with Crippen LogP contribution in [0.15, 0.2) is 18.3 Å². The molecule has 2 fully saturated rings. The highest BCUT2D eigenvalue weighted by molar-refractivity contribution is 5.96. The van der Waals surface area contributed by atoms with Gasteiger partial charge in [0, 0.05) is 38.3 Å². The van der Waals surface area contributed by atoms with E-state index in [2.05, 4.69) is 4.98 Å².